The van der Waals surface area contributed by atoms with E-state index in [2.05, 4.69) is 43.3 Å². The third kappa shape index (κ3) is 1.61. The van der Waals surface area contributed by atoms with Gasteiger partial charge in [0.15, 0.2) is 0 Å². The molecule has 0 unspecified atom stereocenters. The molecule has 3 aromatic rings. The standard InChI is InChI=1S/C18H15NO/c1-12-14-8-5-9-16-17(14)15(10-11-20-16)19-18(12)13-6-3-2-4-7-13/h2-9H,10-11H2,1H3. The zero-order valence-electron chi connectivity index (χ0n) is 11.4. The number of hydrogen-bond acceptors (Lipinski definition) is 2. The number of rotatable bonds is 1. The summed E-state index contributed by atoms with van der Waals surface area (Å²) in [6.07, 6.45) is 0.883. The summed E-state index contributed by atoms with van der Waals surface area (Å²) in [6.45, 7) is 2.86. The lowest BCUT2D eigenvalue weighted by Gasteiger charge is -2.20. The number of aromatic nitrogens is 1. The second-order valence-electron chi connectivity index (χ2n) is 5.18. The van der Waals surface area contributed by atoms with Crippen LogP contribution in [0.1, 0.15) is 11.3 Å². The Morgan fingerprint density at radius 3 is 2.70 bits per heavy atom. The van der Waals surface area contributed by atoms with Crippen molar-refractivity contribution in [3.8, 4) is 17.0 Å². The lowest BCUT2D eigenvalue weighted by Crippen LogP contribution is -2.11. The highest BCUT2D eigenvalue weighted by Gasteiger charge is 2.18. The molecule has 0 amide bonds. The highest BCUT2D eigenvalue weighted by molar-refractivity contribution is 5.96. The molecular formula is C18H15NO. The SMILES string of the molecule is Cc1c(-c2ccccc2)nc2c3c(cccc13)OCC2. The van der Waals surface area contributed by atoms with E-state index in [4.69, 9.17) is 9.72 Å². The molecule has 0 aliphatic carbocycles. The van der Waals surface area contributed by atoms with Crippen molar-refractivity contribution < 1.29 is 4.74 Å². The van der Waals surface area contributed by atoms with Crippen LogP contribution in [0.4, 0.5) is 0 Å². The van der Waals surface area contributed by atoms with Crippen LogP contribution in [0.3, 0.4) is 0 Å². The Hall–Kier alpha value is -2.35. The topological polar surface area (TPSA) is 22.1 Å². The summed E-state index contributed by atoms with van der Waals surface area (Å²) in [5, 5.41) is 2.45. The van der Waals surface area contributed by atoms with E-state index < -0.39 is 0 Å². The molecule has 1 aromatic heterocycles. The highest BCUT2D eigenvalue weighted by Crippen LogP contribution is 2.36. The minimum absolute atomic E-state index is 0.719. The molecule has 0 radical (unpaired) electrons. The minimum atomic E-state index is 0.719. The lowest BCUT2D eigenvalue weighted by atomic mass is 9.96. The normalized spacial score (nSPS) is 13.2. The first kappa shape index (κ1) is 11.5. The first-order chi connectivity index (χ1) is 9.84. The first-order valence-corrected chi connectivity index (χ1v) is 6.95. The van der Waals surface area contributed by atoms with Crippen LogP contribution in [0.25, 0.3) is 22.0 Å². The van der Waals surface area contributed by atoms with Crippen molar-refractivity contribution in [1.29, 1.82) is 0 Å². The van der Waals surface area contributed by atoms with Gasteiger partial charge in [0, 0.05) is 17.4 Å². The largest absolute Gasteiger partial charge is 0.492 e. The molecule has 0 saturated carbocycles. The van der Waals surface area contributed by atoms with Crippen LogP contribution >= 0.6 is 0 Å². The van der Waals surface area contributed by atoms with Crippen molar-refractivity contribution in [1.82, 2.24) is 4.98 Å². The second-order valence-corrected chi connectivity index (χ2v) is 5.18. The average molecular weight is 261 g/mol. The average Bonchev–Trinajstić information content (AvgIpc) is 2.52. The van der Waals surface area contributed by atoms with Crippen molar-refractivity contribution in [2.75, 3.05) is 6.61 Å². The third-order valence-corrected chi connectivity index (χ3v) is 3.96. The monoisotopic (exact) mass is 261 g/mol. The van der Waals surface area contributed by atoms with Gasteiger partial charge >= 0.3 is 0 Å². The second kappa shape index (κ2) is 4.34. The zero-order chi connectivity index (χ0) is 13.5. The molecule has 98 valence electrons. The fourth-order valence-electron chi connectivity index (χ4n) is 2.98. The van der Waals surface area contributed by atoms with E-state index in [0.717, 1.165) is 30.2 Å². The zero-order valence-corrected chi connectivity index (χ0v) is 11.4. The number of ether oxygens (including phenoxy) is 1. The summed E-state index contributed by atoms with van der Waals surface area (Å²) in [7, 11) is 0. The van der Waals surface area contributed by atoms with E-state index in [1.165, 1.54) is 21.9 Å². The van der Waals surface area contributed by atoms with Crippen molar-refractivity contribution >= 4 is 10.8 Å². The summed E-state index contributed by atoms with van der Waals surface area (Å²) in [5.74, 6) is 0.971. The van der Waals surface area contributed by atoms with E-state index in [9.17, 15) is 0 Å². The molecule has 20 heavy (non-hydrogen) atoms. The predicted molar refractivity (Wildman–Crippen MR) is 81.1 cm³/mol. The molecule has 1 aliphatic rings. The van der Waals surface area contributed by atoms with Crippen LogP contribution in [-0.2, 0) is 6.42 Å². The predicted octanol–water partition coefficient (Wildman–Crippen LogP) is 4.15. The number of hydrogen-bond donors (Lipinski definition) is 0. The van der Waals surface area contributed by atoms with E-state index in [1.807, 2.05) is 12.1 Å². The molecule has 2 heterocycles. The first-order valence-electron chi connectivity index (χ1n) is 6.95. The maximum Gasteiger partial charge on any atom is 0.128 e. The van der Waals surface area contributed by atoms with E-state index in [1.54, 1.807) is 0 Å². The maximum absolute atomic E-state index is 5.76. The van der Waals surface area contributed by atoms with Crippen LogP contribution in [0, 0.1) is 6.92 Å². The van der Waals surface area contributed by atoms with Crippen molar-refractivity contribution in [2.45, 2.75) is 13.3 Å². The Morgan fingerprint density at radius 1 is 1.00 bits per heavy atom. The summed E-state index contributed by atoms with van der Waals surface area (Å²) in [5.41, 5.74) is 4.65. The molecule has 0 bridgehead atoms. The Labute approximate surface area is 118 Å². The van der Waals surface area contributed by atoms with E-state index in [0.29, 0.717) is 0 Å². The summed E-state index contributed by atoms with van der Waals surface area (Å²) in [4.78, 5) is 4.92. The van der Waals surface area contributed by atoms with Gasteiger partial charge in [-0.25, -0.2) is 0 Å². The smallest absolute Gasteiger partial charge is 0.128 e. The fraction of sp³-hybridized carbons (Fsp3) is 0.167. The Bertz CT molecular complexity index is 793. The quantitative estimate of drug-likeness (QED) is 0.656. The van der Waals surface area contributed by atoms with Crippen LogP contribution < -0.4 is 4.74 Å². The highest BCUT2D eigenvalue weighted by atomic mass is 16.5. The van der Waals surface area contributed by atoms with Crippen LogP contribution in [0.2, 0.25) is 0 Å². The Kier molecular flexibility index (Phi) is 2.49. The molecule has 1 aliphatic heterocycles. The van der Waals surface area contributed by atoms with E-state index >= 15 is 0 Å². The van der Waals surface area contributed by atoms with Crippen LogP contribution in [0.5, 0.6) is 5.75 Å². The van der Waals surface area contributed by atoms with Crippen molar-refractivity contribution in [3.05, 3.63) is 59.8 Å². The molecule has 2 heteroatoms. The molecule has 2 aromatic carbocycles. The maximum atomic E-state index is 5.76. The van der Waals surface area contributed by atoms with Gasteiger partial charge < -0.3 is 4.74 Å². The molecular weight excluding hydrogens is 246 g/mol. The molecule has 0 spiro atoms. The Balaban J connectivity index is 2.08. The molecule has 0 atom stereocenters. The van der Waals surface area contributed by atoms with Gasteiger partial charge in [-0.2, -0.15) is 0 Å². The summed E-state index contributed by atoms with van der Waals surface area (Å²) in [6, 6.07) is 16.7. The number of benzene rings is 2. The van der Waals surface area contributed by atoms with Gasteiger partial charge in [-0.3, -0.25) is 4.98 Å². The van der Waals surface area contributed by atoms with Crippen molar-refractivity contribution in [2.24, 2.45) is 0 Å². The van der Waals surface area contributed by atoms with Crippen LogP contribution in [-0.4, -0.2) is 11.6 Å². The van der Waals surface area contributed by atoms with Crippen molar-refractivity contribution in [3.63, 3.8) is 0 Å². The summed E-state index contributed by atoms with van der Waals surface area (Å²) >= 11 is 0. The fourth-order valence-corrected chi connectivity index (χ4v) is 2.98. The summed E-state index contributed by atoms with van der Waals surface area (Å²) < 4.78 is 5.76. The molecule has 0 N–H and O–H groups in total. The van der Waals surface area contributed by atoms with Gasteiger partial charge in [-0.1, -0.05) is 42.5 Å². The molecule has 4 rings (SSSR count). The lowest BCUT2D eigenvalue weighted by molar-refractivity contribution is 0.316. The number of nitrogens with zero attached hydrogens (tertiary/aromatic N) is 1. The number of aryl methyl sites for hydroxylation is 1. The van der Waals surface area contributed by atoms with Gasteiger partial charge in [0.1, 0.15) is 5.75 Å². The minimum Gasteiger partial charge on any atom is -0.492 e. The Morgan fingerprint density at radius 2 is 1.85 bits per heavy atom. The van der Waals surface area contributed by atoms with E-state index in [-0.39, 0.29) is 0 Å². The van der Waals surface area contributed by atoms with Gasteiger partial charge in [0.25, 0.3) is 0 Å². The molecule has 2 nitrogen and oxygen atoms in total. The van der Waals surface area contributed by atoms with Crippen LogP contribution in [0.15, 0.2) is 48.5 Å². The van der Waals surface area contributed by atoms with Gasteiger partial charge in [-0.15, -0.1) is 0 Å². The van der Waals surface area contributed by atoms with Gasteiger partial charge in [0.05, 0.1) is 18.0 Å². The number of pyridine rings is 1. The van der Waals surface area contributed by atoms with Gasteiger partial charge in [-0.05, 0) is 23.9 Å². The molecule has 0 saturated heterocycles. The van der Waals surface area contributed by atoms with Gasteiger partial charge in [0.2, 0.25) is 0 Å². The third-order valence-electron chi connectivity index (χ3n) is 3.96. The molecule has 0 fully saturated rings.